The van der Waals surface area contributed by atoms with Crippen LogP contribution < -0.4 is 9.47 Å². The summed E-state index contributed by atoms with van der Waals surface area (Å²) in [7, 11) is 3.01. The normalized spacial score (nSPS) is 9.90. The van der Waals surface area contributed by atoms with E-state index in [4.69, 9.17) is 14.2 Å². The molecule has 1 aromatic rings. The first-order valence-electron chi connectivity index (χ1n) is 6.74. The minimum Gasteiger partial charge on any atom is -0.497 e. The fourth-order valence-electron chi connectivity index (χ4n) is 1.84. The van der Waals surface area contributed by atoms with Gasteiger partial charge in [-0.3, -0.25) is 9.59 Å². The van der Waals surface area contributed by atoms with Gasteiger partial charge in [0.25, 0.3) is 5.91 Å². The van der Waals surface area contributed by atoms with Crippen LogP contribution in [0.4, 0.5) is 0 Å². The van der Waals surface area contributed by atoms with E-state index in [0.29, 0.717) is 23.6 Å². The van der Waals surface area contributed by atoms with Crippen LogP contribution in [0.15, 0.2) is 18.2 Å². The van der Waals surface area contributed by atoms with Crippen molar-refractivity contribution in [3.63, 3.8) is 0 Å². The van der Waals surface area contributed by atoms with Gasteiger partial charge in [-0.15, -0.1) is 0 Å². The number of carbonyl (C=O) groups excluding carboxylic acids is 2. The number of amides is 1. The highest BCUT2D eigenvalue weighted by atomic mass is 16.5. The average Bonchev–Trinajstić information content (AvgIpc) is 2.51. The molecule has 0 fully saturated rings. The zero-order valence-electron chi connectivity index (χ0n) is 12.8. The molecule has 6 heteroatoms. The second kappa shape index (κ2) is 8.14. The first kappa shape index (κ1) is 16.8. The van der Waals surface area contributed by atoms with Crippen LogP contribution in [0, 0.1) is 0 Å². The molecule has 116 valence electrons. The summed E-state index contributed by atoms with van der Waals surface area (Å²) in [6.45, 7) is 4.10. The Hall–Kier alpha value is -2.24. The van der Waals surface area contributed by atoms with E-state index in [2.05, 4.69) is 0 Å². The molecular formula is C15H21NO5. The summed E-state index contributed by atoms with van der Waals surface area (Å²) >= 11 is 0. The number of nitrogens with zero attached hydrogens (tertiary/aromatic N) is 1. The van der Waals surface area contributed by atoms with Crippen molar-refractivity contribution < 1.29 is 23.8 Å². The highest BCUT2D eigenvalue weighted by Gasteiger charge is 2.21. The highest BCUT2D eigenvalue weighted by molar-refractivity contribution is 5.98. The molecule has 21 heavy (non-hydrogen) atoms. The van der Waals surface area contributed by atoms with E-state index in [9.17, 15) is 9.59 Å². The molecule has 0 heterocycles. The van der Waals surface area contributed by atoms with Crippen LogP contribution in [0.5, 0.6) is 11.5 Å². The van der Waals surface area contributed by atoms with Gasteiger partial charge in [-0.05, 0) is 32.0 Å². The van der Waals surface area contributed by atoms with Crippen molar-refractivity contribution in [3.8, 4) is 11.5 Å². The zero-order valence-corrected chi connectivity index (χ0v) is 12.8. The fraction of sp³-hybridized carbons (Fsp3) is 0.467. The molecule has 1 rings (SSSR count). The van der Waals surface area contributed by atoms with Crippen molar-refractivity contribution >= 4 is 11.9 Å². The molecule has 0 radical (unpaired) electrons. The Labute approximate surface area is 124 Å². The minimum atomic E-state index is -0.436. The number of carbonyl (C=O) groups is 2. The lowest BCUT2D eigenvalue weighted by atomic mass is 10.1. The molecule has 0 aliphatic heterocycles. The Bertz CT molecular complexity index is 501. The van der Waals surface area contributed by atoms with E-state index in [1.165, 1.54) is 19.1 Å². The summed E-state index contributed by atoms with van der Waals surface area (Å²) in [4.78, 5) is 25.5. The van der Waals surface area contributed by atoms with Gasteiger partial charge in [0, 0.05) is 6.54 Å². The van der Waals surface area contributed by atoms with Crippen LogP contribution >= 0.6 is 0 Å². The van der Waals surface area contributed by atoms with Gasteiger partial charge in [-0.1, -0.05) is 0 Å². The molecule has 0 aliphatic carbocycles. The maximum atomic E-state index is 12.5. The summed E-state index contributed by atoms with van der Waals surface area (Å²) in [5.74, 6) is 0.241. The second-order valence-corrected chi connectivity index (χ2v) is 4.19. The Morgan fingerprint density at radius 2 is 1.86 bits per heavy atom. The van der Waals surface area contributed by atoms with Gasteiger partial charge in [0.2, 0.25) is 0 Å². The van der Waals surface area contributed by atoms with Crippen molar-refractivity contribution in [1.82, 2.24) is 4.90 Å². The summed E-state index contributed by atoms with van der Waals surface area (Å²) in [6.07, 6.45) is 0. The third kappa shape index (κ3) is 4.37. The number of benzene rings is 1. The van der Waals surface area contributed by atoms with Crippen LogP contribution in [-0.4, -0.2) is 50.7 Å². The van der Waals surface area contributed by atoms with Crippen molar-refractivity contribution in [3.05, 3.63) is 23.8 Å². The van der Waals surface area contributed by atoms with Crippen LogP contribution in [0.25, 0.3) is 0 Å². The monoisotopic (exact) mass is 295 g/mol. The molecule has 1 amide bonds. The molecule has 0 bridgehead atoms. The maximum absolute atomic E-state index is 12.5. The molecule has 1 aromatic carbocycles. The number of rotatable bonds is 7. The topological polar surface area (TPSA) is 65.1 Å². The molecule has 0 saturated carbocycles. The Kier molecular flexibility index (Phi) is 6.52. The number of esters is 1. The first-order chi connectivity index (χ1) is 10.1. The van der Waals surface area contributed by atoms with Gasteiger partial charge in [0.15, 0.2) is 0 Å². The molecule has 0 saturated heterocycles. The van der Waals surface area contributed by atoms with Gasteiger partial charge in [-0.2, -0.15) is 0 Å². The molecule has 0 N–H and O–H groups in total. The third-order valence-electron chi connectivity index (χ3n) is 2.93. The molecule has 6 nitrogen and oxygen atoms in total. The van der Waals surface area contributed by atoms with E-state index in [0.717, 1.165) is 0 Å². The van der Waals surface area contributed by atoms with E-state index < -0.39 is 5.97 Å². The first-order valence-corrected chi connectivity index (χ1v) is 6.74. The van der Waals surface area contributed by atoms with E-state index in [-0.39, 0.29) is 19.1 Å². The standard InChI is InChI=1S/C15H21NO5/c1-5-16(10-14(17)21-6-2)15(18)12-9-11(19-3)7-8-13(12)20-4/h7-9H,5-6,10H2,1-4H3. The van der Waals surface area contributed by atoms with Crippen molar-refractivity contribution in [2.75, 3.05) is 33.9 Å². The average molecular weight is 295 g/mol. The lowest BCUT2D eigenvalue weighted by Crippen LogP contribution is -2.36. The number of hydrogen-bond acceptors (Lipinski definition) is 5. The number of ether oxygens (including phenoxy) is 3. The Balaban J connectivity index is 3.00. The molecule has 0 unspecified atom stereocenters. The van der Waals surface area contributed by atoms with Crippen molar-refractivity contribution in [2.45, 2.75) is 13.8 Å². The van der Waals surface area contributed by atoms with E-state index in [1.807, 2.05) is 0 Å². The second-order valence-electron chi connectivity index (χ2n) is 4.19. The van der Waals surface area contributed by atoms with Gasteiger partial charge in [0.1, 0.15) is 18.0 Å². The largest absolute Gasteiger partial charge is 0.497 e. The lowest BCUT2D eigenvalue weighted by Gasteiger charge is -2.21. The Morgan fingerprint density at radius 1 is 1.14 bits per heavy atom. The number of methoxy groups -OCH3 is 2. The predicted octanol–water partition coefficient (Wildman–Crippen LogP) is 1.73. The summed E-state index contributed by atoms with van der Waals surface area (Å²) < 4.78 is 15.2. The van der Waals surface area contributed by atoms with Crippen LogP contribution in [0.2, 0.25) is 0 Å². The highest BCUT2D eigenvalue weighted by Crippen LogP contribution is 2.25. The third-order valence-corrected chi connectivity index (χ3v) is 2.93. The molecule has 0 spiro atoms. The fourth-order valence-corrected chi connectivity index (χ4v) is 1.84. The van der Waals surface area contributed by atoms with E-state index >= 15 is 0 Å². The van der Waals surface area contributed by atoms with Crippen LogP contribution in [0.3, 0.4) is 0 Å². The van der Waals surface area contributed by atoms with Gasteiger partial charge in [-0.25, -0.2) is 0 Å². The predicted molar refractivity (Wildman–Crippen MR) is 77.8 cm³/mol. The number of likely N-dealkylation sites (N-methyl/N-ethyl adjacent to an activating group) is 1. The summed E-state index contributed by atoms with van der Waals surface area (Å²) in [6, 6.07) is 4.95. The van der Waals surface area contributed by atoms with E-state index in [1.54, 1.807) is 32.0 Å². The lowest BCUT2D eigenvalue weighted by molar-refractivity contribution is -0.143. The smallest absolute Gasteiger partial charge is 0.325 e. The van der Waals surface area contributed by atoms with Crippen LogP contribution in [0.1, 0.15) is 24.2 Å². The molecule has 0 aromatic heterocycles. The SMILES string of the molecule is CCOC(=O)CN(CC)C(=O)c1cc(OC)ccc1OC. The maximum Gasteiger partial charge on any atom is 0.325 e. The molecule has 0 aliphatic rings. The van der Waals surface area contributed by atoms with Gasteiger partial charge >= 0.3 is 5.97 Å². The van der Waals surface area contributed by atoms with Gasteiger partial charge < -0.3 is 19.1 Å². The molecular weight excluding hydrogens is 274 g/mol. The summed E-state index contributed by atoms with van der Waals surface area (Å²) in [5, 5.41) is 0. The van der Waals surface area contributed by atoms with Gasteiger partial charge in [0.05, 0.1) is 26.4 Å². The van der Waals surface area contributed by atoms with Crippen molar-refractivity contribution in [2.24, 2.45) is 0 Å². The minimum absolute atomic E-state index is 0.0937. The quantitative estimate of drug-likeness (QED) is 0.717. The summed E-state index contributed by atoms with van der Waals surface area (Å²) in [5.41, 5.74) is 0.350. The zero-order chi connectivity index (χ0) is 15.8. The number of hydrogen-bond donors (Lipinski definition) is 0. The van der Waals surface area contributed by atoms with Crippen molar-refractivity contribution in [1.29, 1.82) is 0 Å². The molecule has 0 atom stereocenters. The van der Waals surface area contributed by atoms with Crippen LogP contribution in [-0.2, 0) is 9.53 Å². The Morgan fingerprint density at radius 3 is 2.38 bits per heavy atom.